The number of hydrogen-bond acceptors (Lipinski definition) is 7. The number of nitrogens with one attached hydrogen (secondary N) is 3. The van der Waals surface area contributed by atoms with E-state index in [4.69, 9.17) is 9.90 Å². The molecule has 1 amide bonds. The highest BCUT2D eigenvalue weighted by molar-refractivity contribution is 7.08. The molecule has 4 aromatic rings. The number of thiophene rings is 1. The average molecular weight is 614 g/mol. The summed E-state index contributed by atoms with van der Waals surface area (Å²) in [6, 6.07) is 10.2. The van der Waals surface area contributed by atoms with Gasteiger partial charge >= 0.3 is 18.3 Å². The molecule has 2 aromatic carbocycles. The Morgan fingerprint density at radius 3 is 2.17 bits per heavy atom. The monoisotopic (exact) mass is 613 g/mol. The number of aromatic nitrogens is 2. The van der Waals surface area contributed by atoms with Gasteiger partial charge < -0.3 is 21.1 Å². The molecule has 220 valence electrons. The predicted molar refractivity (Wildman–Crippen MR) is 142 cm³/mol. The predicted octanol–water partition coefficient (Wildman–Crippen LogP) is 7.61. The molecule has 2 aromatic heterocycles. The molecule has 8 nitrogen and oxygen atoms in total. The highest BCUT2D eigenvalue weighted by atomic mass is 32.1. The molecule has 4 rings (SSSR count). The number of benzene rings is 2. The lowest BCUT2D eigenvalue weighted by molar-refractivity contribution is -0.192. The van der Waals surface area contributed by atoms with E-state index in [1.807, 2.05) is 16.8 Å². The van der Waals surface area contributed by atoms with Crippen LogP contribution in [0.5, 0.6) is 0 Å². The molecule has 0 fully saturated rings. The second-order valence-electron chi connectivity index (χ2n) is 7.98. The normalized spacial score (nSPS) is 11.1. The summed E-state index contributed by atoms with van der Waals surface area (Å²) in [5.41, 5.74) is 0.960. The summed E-state index contributed by atoms with van der Waals surface area (Å²) in [5, 5.41) is 19.2. The summed E-state index contributed by atoms with van der Waals surface area (Å²) in [6.45, 7) is 3.38. The van der Waals surface area contributed by atoms with Gasteiger partial charge in [0, 0.05) is 22.8 Å². The third-order valence-electron chi connectivity index (χ3n) is 5.00. The van der Waals surface area contributed by atoms with Crippen molar-refractivity contribution >= 4 is 52.0 Å². The lowest BCUT2D eigenvalue weighted by Gasteiger charge is -2.15. The van der Waals surface area contributed by atoms with Crippen molar-refractivity contribution in [3.05, 3.63) is 89.5 Å². The van der Waals surface area contributed by atoms with Gasteiger partial charge in [0.25, 0.3) is 0 Å². The summed E-state index contributed by atoms with van der Waals surface area (Å²) in [4.78, 5) is 29.2. The minimum Gasteiger partial charge on any atom is -0.475 e. The zero-order chi connectivity index (χ0) is 31.1. The van der Waals surface area contributed by atoms with Gasteiger partial charge in [0.1, 0.15) is 11.6 Å². The number of amides is 1. The number of carbonyl (C=O) groups excluding carboxylic acids is 1. The number of alkyl halides is 6. The van der Waals surface area contributed by atoms with E-state index < -0.39 is 35.6 Å². The van der Waals surface area contributed by atoms with Crippen LogP contribution in [0.15, 0.2) is 78.1 Å². The Hall–Kier alpha value is -4.99. The Kier molecular flexibility index (Phi) is 9.85. The number of rotatable bonds is 7. The number of carbonyl (C=O) groups is 2. The Morgan fingerprint density at radius 1 is 0.952 bits per heavy atom. The number of carboxylic acid groups (broad SMARTS) is 1. The van der Waals surface area contributed by atoms with Gasteiger partial charge in [-0.05, 0) is 53.4 Å². The molecular formula is C26H18F7N5O3S. The first-order chi connectivity index (χ1) is 19.7. The molecule has 0 spiro atoms. The van der Waals surface area contributed by atoms with E-state index in [2.05, 4.69) is 32.5 Å². The molecule has 4 N–H and O–H groups in total. The van der Waals surface area contributed by atoms with Crippen LogP contribution in [0.25, 0.3) is 11.1 Å². The van der Waals surface area contributed by atoms with Crippen molar-refractivity contribution in [1.82, 2.24) is 9.97 Å². The van der Waals surface area contributed by atoms with Crippen molar-refractivity contribution in [1.29, 1.82) is 0 Å². The van der Waals surface area contributed by atoms with Gasteiger partial charge in [0.05, 0.1) is 16.9 Å². The van der Waals surface area contributed by atoms with Gasteiger partial charge in [0.15, 0.2) is 0 Å². The molecule has 0 radical (unpaired) electrons. The van der Waals surface area contributed by atoms with Crippen LogP contribution < -0.4 is 16.0 Å². The van der Waals surface area contributed by atoms with Crippen LogP contribution in [0.2, 0.25) is 0 Å². The van der Waals surface area contributed by atoms with E-state index in [9.17, 15) is 35.5 Å². The largest absolute Gasteiger partial charge is 0.490 e. The van der Waals surface area contributed by atoms with Gasteiger partial charge in [-0.25, -0.2) is 14.2 Å². The molecule has 0 saturated carbocycles. The molecule has 2 heterocycles. The maximum absolute atomic E-state index is 14.6. The van der Waals surface area contributed by atoms with E-state index in [-0.39, 0.29) is 17.5 Å². The fraction of sp³-hybridized carbons (Fsp3) is 0.0769. The Morgan fingerprint density at radius 2 is 1.62 bits per heavy atom. The molecule has 0 saturated heterocycles. The summed E-state index contributed by atoms with van der Waals surface area (Å²) >= 11 is 1.46. The number of hydrogen-bond donors (Lipinski definition) is 4. The summed E-state index contributed by atoms with van der Waals surface area (Å²) in [6.07, 6.45) is -7.07. The highest BCUT2D eigenvalue weighted by Gasteiger charge is 2.38. The van der Waals surface area contributed by atoms with Crippen molar-refractivity contribution in [3.8, 4) is 11.1 Å². The van der Waals surface area contributed by atoms with Crippen molar-refractivity contribution in [2.45, 2.75) is 12.4 Å². The standard InChI is InChI=1S/C24H17F4N5OS.C2HF3O2/c1-2-21(34)30-16-7-8-19(25)20(11-16)32-22-18(14-3-5-15(6-4-14)24(26,27)28)12-29-23(33-22)31-17-9-10-35-13-17;3-2(4,5)1(6)7/h2-13H,1H2,(H,30,34)(H2,29,31,32,33);(H,6,7). The minimum absolute atomic E-state index is 0.0137. The van der Waals surface area contributed by atoms with Gasteiger partial charge in [-0.15, -0.1) is 0 Å². The third kappa shape index (κ3) is 8.76. The minimum atomic E-state index is -5.08. The quantitative estimate of drug-likeness (QED) is 0.125. The molecule has 42 heavy (non-hydrogen) atoms. The maximum Gasteiger partial charge on any atom is 0.490 e. The summed E-state index contributed by atoms with van der Waals surface area (Å²) < 4.78 is 85.4. The molecule has 0 aliphatic heterocycles. The number of halogens is 7. The van der Waals surface area contributed by atoms with Crippen molar-refractivity contribution < 1.29 is 45.4 Å². The fourth-order valence-corrected chi connectivity index (χ4v) is 3.66. The molecule has 16 heteroatoms. The Bertz CT molecular complexity index is 1560. The third-order valence-corrected chi connectivity index (χ3v) is 5.69. The number of carboxylic acids is 1. The lowest BCUT2D eigenvalue weighted by Crippen LogP contribution is -2.21. The Labute approximate surface area is 236 Å². The molecule has 0 bridgehead atoms. The average Bonchev–Trinajstić information content (AvgIpc) is 3.43. The zero-order valence-corrected chi connectivity index (χ0v) is 21.7. The van der Waals surface area contributed by atoms with Crippen LogP contribution >= 0.6 is 11.3 Å². The van der Waals surface area contributed by atoms with E-state index in [1.165, 1.54) is 41.8 Å². The molecular weight excluding hydrogens is 595 g/mol. The van der Waals surface area contributed by atoms with Crippen molar-refractivity contribution in [2.75, 3.05) is 16.0 Å². The van der Waals surface area contributed by atoms with Gasteiger partial charge in [-0.2, -0.15) is 42.7 Å². The van der Waals surface area contributed by atoms with Crippen LogP contribution in [-0.4, -0.2) is 33.1 Å². The number of nitrogens with zero attached hydrogens (tertiary/aromatic N) is 2. The maximum atomic E-state index is 14.6. The SMILES string of the molecule is C=CC(=O)Nc1ccc(F)c(Nc2nc(Nc3ccsc3)ncc2-c2ccc(C(F)(F)F)cc2)c1.O=C(O)C(F)(F)F. The van der Waals surface area contributed by atoms with Gasteiger partial charge in [-0.1, -0.05) is 18.7 Å². The first-order valence-electron chi connectivity index (χ1n) is 11.3. The van der Waals surface area contributed by atoms with E-state index in [0.29, 0.717) is 16.8 Å². The summed E-state index contributed by atoms with van der Waals surface area (Å²) in [5.74, 6) is -3.53. The topological polar surface area (TPSA) is 116 Å². The lowest BCUT2D eigenvalue weighted by atomic mass is 10.1. The highest BCUT2D eigenvalue weighted by Crippen LogP contribution is 2.35. The second kappa shape index (κ2) is 13.1. The van der Waals surface area contributed by atoms with Crippen LogP contribution in [-0.2, 0) is 15.8 Å². The Balaban J connectivity index is 0.000000616. The van der Waals surface area contributed by atoms with Crippen LogP contribution in [0.1, 0.15) is 5.56 Å². The van der Waals surface area contributed by atoms with Crippen molar-refractivity contribution in [3.63, 3.8) is 0 Å². The van der Waals surface area contributed by atoms with Gasteiger partial charge in [0.2, 0.25) is 11.9 Å². The molecule has 0 aliphatic rings. The molecule has 0 atom stereocenters. The second-order valence-corrected chi connectivity index (χ2v) is 8.76. The smallest absolute Gasteiger partial charge is 0.475 e. The zero-order valence-electron chi connectivity index (χ0n) is 20.8. The van der Waals surface area contributed by atoms with E-state index >= 15 is 0 Å². The van der Waals surface area contributed by atoms with Gasteiger partial charge in [-0.3, -0.25) is 4.79 Å². The number of anilines is 5. The summed E-state index contributed by atoms with van der Waals surface area (Å²) in [7, 11) is 0. The fourth-order valence-electron chi connectivity index (χ4n) is 3.07. The first kappa shape index (κ1) is 31.5. The molecule has 0 aliphatic carbocycles. The van der Waals surface area contributed by atoms with Crippen molar-refractivity contribution in [2.24, 2.45) is 0 Å². The van der Waals surface area contributed by atoms with E-state index in [0.717, 1.165) is 30.0 Å². The molecule has 0 unspecified atom stereocenters. The first-order valence-corrected chi connectivity index (χ1v) is 12.3. The van der Waals surface area contributed by atoms with Crippen LogP contribution in [0.4, 0.5) is 59.6 Å². The van der Waals surface area contributed by atoms with E-state index in [1.54, 1.807) is 0 Å². The van der Waals surface area contributed by atoms with Crippen LogP contribution in [0, 0.1) is 5.82 Å². The number of aliphatic carboxylic acids is 1. The van der Waals surface area contributed by atoms with Crippen LogP contribution in [0.3, 0.4) is 0 Å².